The summed E-state index contributed by atoms with van der Waals surface area (Å²) in [5.41, 5.74) is 4.46. The molecule has 0 bridgehead atoms. The molecule has 0 saturated heterocycles. The van der Waals surface area contributed by atoms with Crippen molar-refractivity contribution in [3.63, 3.8) is 0 Å². The number of aromatic nitrogens is 2. The first-order valence-electron chi connectivity index (χ1n) is 8.34. The molecule has 0 radical (unpaired) electrons. The highest BCUT2D eigenvalue weighted by atomic mass is 16.2. The Hall–Kier alpha value is -3.52. The summed E-state index contributed by atoms with van der Waals surface area (Å²) >= 11 is 0. The molecule has 130 valence electrons. The van der Waals surface area contributed by atoms with Gasteiger partial charge in [0.25, 0.3) is 0 Å². The number of imidazole rings is 1. The van der Waals surface area contributed by atoms with Gasteiger partial charge in [0.2, 0.25) is 0 Å². The molecular formula is C21H20N4O. The third kappa shape index (κ3) is 4.52. The summed E-state index contributed by atoms with van der Waals surface area (Å²) in [5, 5.41) is 5.43. The Balaban J connectivity index is 1.71. The molecule has 1 aromatic heterocycles. The van der Waals surface area contributed by atoms with Crippen LogP contribution >= 0.6 is 0 Å². The standard InChI is InChI=1S/C21H20N4O/c1-2-11-23-21(26)24-14-19-5-3-4-6-20(19)18-9-7-17(8-10-18)15-25-13-12-22-16-25/h1,3-10,12-13,16H,11,14-15H2,(H2,23,24,26). The van der Waals surface area contributed by atoms with Gasteiger partial charge in [0, 0.05) is 25.5 Å². The molecule has 26 heavy (non-hydrogen) atoms. The molecule has 0 saturated carbocycles. The third-order valence-electron chi connectivity index (χ3n) is 4.00. The molecule has 0 fully saturated rings. The minimum atomic E-state index is -0.270. The lowest BCUT2D eigenvalue weighted by molar-refractivity contribution is 0.241. The Labute approximate surface area is 153 Å². The topological polar surface area (TPSA) is 59.0 Å². The van der Waals surface area contributed by atoms with E-state index in [1.807, 2.05) is 29.0 Å². The molecule has 0 atom stereocenters. The average Bonchev–Trinajstić information content (AvgIpc) is 3.18. The lowest BCUT2D eigenvalue weighted by Gasteiger charge is -2.12. The van der Waals surface area contributed by atoms with Crippen LogP contribution in [0.5, 0.6) is 0 Å². The number of amides is 2. The summed E-state index contributed by atoms with van der Waals surface area (Å²) in [6.45, 7) is 1.44. The van der Waals surface area contributed by atoms with Crippen LogP contribution in [0.25, 0.3) is 11.1 Å². The number of carbonyl (C=O) groups is 1. The maximum atomic E-state index is 11.7. The number of hydrogen-bond acceptors (Lipinski definition) is 2. The number of nitrogens with zero attached hydrogens (tertiary/aromatic N) is 2. The Bertz CT molecular complexity index is 893. The molecule has 0 aliphatic rings. The minimum Gasteiger partial charge on any atom is -0.334 e. The van der Waals surface area contributed by atoms with Gasteiger partial charge in [0.05, 0.1) is 12.9 Å². The number of benzene rings is 2. The van der Waals surface area contributed by atoms with Crippen LogP contribution in [0.2, 0.25) is 0 Å². The van der Waals surface area contributed by atoms with Crippen LogP contribution in [0.3, 0.4) is 0 Å². The molecule has 2 N–H and O–H groups in total. The maximum Gasteiger partial charge on any atom is 0.315 e. The molecule has 0 unspecified atom stereocenters. The fourth-order valence-corrected chi connectivity index (χ4v) is 2.71. The van der Waals surface area contributed by atoms with E-state index in [9.17, 15) is 4.79 Å². The summed E-state index contributed by atoms with van der Waals surface area (Å²) in [7, 11) is 0. The van der Waals surface area contributed by atoms with Crippen molar-refractivity contribution in [1.29, 1.82) is 0 Å². The zero-order valence-corrected chi connectivity index (χ0v) is 14.4. The summed E-state index contributed by atoms with van der Waals surface area (Å²) in [6.07, 6.45) is 10.7. The lowest BCUT2D eigenvalue weighted by Crippen LogP contribution is -2.35. The molecule has 1 heterocycles. The van der Waals surface area contributed by atoms with Gasteiger partial charge in [-0.05, 0) is 22.3 Å². The van der Waals surface area contributed by atoms with Crippen LogP contribution in [0.15, 0.2) is 67.3 Å². The van der Waals surface area contributed by atoms with Crippen molar-refractivity contribution < 1.29 is 4.79 Å². The second-order valence-electron chi connectivity index (χ2n) is 5.83. The van der Waals surface area contributed by atoms with E-state index in [4.69, 9.17) is 6.42 Å². The van der Waals surface area contributed by atoms with Gasteiger partial charge in [-0.1, -0.05) is 54.5 Å². The van der Waals surface area contributed by atoms with Crippen molar-refractivity contribution >= 4 is 6.03 Å². The van der Waals surface area contributed by atoms with Crippen molar-refractivity contribution in [1.82, 2.24) is 20.2 Å². The predicted octanol–water partition coefficient (Wildman–Crippen LogP) is 3.03. The number of carbonyl (C=O) groups excluding carboxylic acids is 1. The number of hydrogen-bond donors (Lipinski definition) is 2. The van der Waals surface area contributed by atoms with E-state index >= 15 is 0 Å². The molecule has 3 aromatic rings. The third-order valence-corrected chi connectivity index (χ3v) is 4.00. The van der Waals surface area contributed by atoms with E-state index in [2.05, 4.69) is 51.9 Å². The number of urea groups is 1. The molecule has 0 aliphatic heterocycles. The van der Waals surface area contributed by atoms with E-state index in [0.29, 0.717) is 6.54 Å². The highest BCUT2D eigenvalue weighted by Gasteiger charge is 2.06. The Morgan fingerprint density at radius 1 is 1.12 bits per heavy atom. The highest BCUT2D eigenvalue weighted by molar-refractivity contribution is 5.75. The Morgan fingerprint density at radius 3 is 2.65 bits per heavy atom. The summed E-state index contributed by atoms with van der Waals surface area (Å²) in [6, 6.07) is 16.2. The van der Waals surface area contributed by atoms with Gasteiger partial charge in [0.1, 0.15) is 0 Å². The number of nitrogens with one attached hydrogen (secondary N) is 2. The van der Waals surface area contributed by atoms with Crippen molar-refractivity contribution in [3.05, 3.63) is 78.4 Å². The van der Waals surface area contributed by atoms with E-state index in [1.165, 1.54) is 5.56 Å². The lowest BCUT2D eigenvalue weighted by atomic mass is 9.98. The van der Waals surface area contributed by atoms with Crippen molar-refractivity contribution in [2.75, 3.05) is 6.54 Å². The molecule has 5 heteroatoms. The maximum absolute atomic E-state index is 11.7. The monoisotopic (exact) mass is 344 g/mol. The number of rotatable bonds is 6. The van der Waals surface area contributed by atoms with E-state index in [0.717, 1.165) is 23.2 Å². The van der Waals surface area contributed by atoms with Gasteiger partial charge >= 0.3 is 6.03 Å². The van der Waals surface area contributed by atoms with Gasteiger partial charge in [0.15, 0.2) is 0 Å². The zero-order chi connectivity index (χ0) is 18.2. The average molecular weight is 344 g/mol. The van der Waals surface area contributed by atoms with E-state index in [-0.39, 0.29) is 12.6 Å². The molecular weight excluding hydrogens is 324 g/mol. The predicted molar refractivity (Wildman–Crippen MR) is 102 cm³/mol. The largest absolute Gasteiger partial charge is 0.334 e. The molecule has 2 aromatic carbocycles. The van der Waals surface area contributed by atoms with Gasteiger partial charge in [-0.25, -0.2) is 9.78 Å². The van der Waals surface area contributed by atoms with Crippen molar-refractivity contribution in [2.24, 2.45) is 0 Å². The first-order valence-corrected chi connectivity index (χ1v) is 8.34. The normalized spacial score (nSPS) is 10.1. The van der Waals surface area contributed by atoms with Crippen molar-refractivity contribution in [2.45, 2.75) is 13.1 Å². The molecule has 0 aliphatic carbocycles. The zero-order valence-electron chi connectivity index (χ0n) is 14.4. The van der Waals surface area contributed by atoms with Crippen LogP contribution < -0.4 is 10.6 Å². The van der Waals surface area contributed by atoms with Gasteiger partial charge in [-0.3, -0.25) is 0 Å². The fraction of sp³-hybridized carbons (Fsp3) is 0.143. The molecule has 2 amide bonds. The second kappa shape index (κ2) is 8.54. The number of terminal acetylenes is 1. The SMILES string of the molecule is C#CCNC(=O)NCc1ccccc1-c1ccc(Cn2ccnc2)cc1. The van der Waals surface area contributed by atoms with Gasteiger partial charge in [-0.15, -0.1) is 6.42 Å². The Morgan fingerprint density at radius 2 is 1.92 bits per heavy atom. The van der Waals surface area contributed by atoms with Crippen LogP contribution in [0, 0.1) is 12.3 Å². The summed E-state index contributed by atoms with van der Waals surface area (Å²) in [5.74, 6) is 2.38. The summed E-state index contributed by atoms with van der Waals surface area (Å²) in [4.78, 5) is 15.8. The van der Waals surface area contributed by atoms with Gasteiger partial charge < -0.3 is 15.2 Å². The highest BCUT2D eigenvalue weighted by Crippen LogP contribution is 2.24. The van der Waals surface area contributed by atoms with Crippen LogP contribution in [-0.2, 0) is 13.1 Å². The molecule has 3 rings (SSSR count). The van der Waals surface area contributed by atoms with E-state index in [1.54, 1.807) is 12.5 Å². The quantitative estimate of drug-likeness (QED) is 0.675. The second-order valence-corrected chi connectivity index (χ2v) is 5.83. The first kappa shape index (κ1) is 17.3. The molecule has 0 spiro atoms. The van der Waals surface area contributed by atoms with Crippen molar-refractivity contribution in [3.8, 4) is 23.5 Å². The van der Waals surface area contributed by atoms with Crippen LogP contribution in [0.1, 0.15) is 11.1 Å². The smallest absolute Gasteiger partial charge is 0.315 e. The minimum absolute atomic E-state index is 0.214. The fourth-order valence-electron chi connectivity index (χ4n) is 2.71. The first-order chi connectivity index (χ1) is 12.8. The van der Waals surface area contributed by atoms with Gasteiger partial charge in [-0.2, -0.15) is 0 Å². The summed E-state index contributed by atoms with van der Waals surface area (Å²) < 4.78 is 2.03. The molecule has 5 nitrogen and oxygen atoms in total. The van der Waals surface area contributed by atoms with Crippen LogP contribution in [0.4, 0.5) is 4.79 Å². The Kier molecular flexibility index (Phi) is 5.69. The van der Waals surface area contributed by atoms with E-state index < -0.39 is 0 Å². The van der Waals surface area contributed by atoms with Crippen LogP contribution in [-0.4, -0.2) is 22.1 Å².